The molecule has 0 spiro atoms. The molecule has 2 fully saturated rings. The van der Waals surface area contributed by atoms with Crippen LogP contribution < -0.4 is 0 Å². The molecule has 0 amide bonds. The highest BCUT2D eigenvalue weighted by atomic mass is 16.7. The van der Waals surface area contributed by atoms with Gasteiger partial charge in [0.2, 0.25) is 0 Å². The standard InChI is InChI=1S/C51H88O15/c1-3-5-7-9-11-13-15-17-18-19-20-22-24-26-28-30-32-34-43(54)64-39(36-61-42(53)33-31-29-27-25-23-21-16-14-12-10-8-6-4-2)37-62-50-49(60)47(58)45(56)41(66-50)38-63-51-48(59)46(57)44(55)40(35-52)65-51/h5,7,11,13,17-18,20,22,39-41,44-52,55-60H,3-4,6,8-10,12,14-16,19,21,23-38H2,1-2H3/b7-5-,13-11-,18-17-,22-20-. The summed E-state index contributed by atoms with van der Waals surface area (Å²) < 4.78 is 33.5. The van der Waals surface area contributed by atoms with Gasteiger partial charge in [-0.25, -0.2) is 0 Å². The van der Waals surface area contributed by atoms with Crippen LogP contribution in [-0.2, 0) is 38.0 Å². The van der Waals surface area contributed by atoms with Gasteiger partial charge in [-0.3, -0.25) is 9.59 Å². The van der Waals surface area contributed by atoms with E-state index in [1.165, 1.54) is 57.8 Å². The Kier molecular flexibility index (Phi) is 34.6. The molecule has 0 aromatic heterocycles. The lowest BCUT2D eigenvalue weighted by atomic mass is 9.98. The molecule has 7 N–H and O–H groups in total. The molecule has 0 saturated carbocycles. The van der Waals surface area contributed by atoms with Crippen molar-refractivity contribution in [2.24, 2.45) is 0 Å². The number of aliphatic hydroxyl groups is 7. The number of hydrogen-bond donors (Lipinski definition) is 7. The fourth-order valence-corrected chi connectivity index (χ4v) is 7.68. The average Bonchev–Trinajstić information content (AvgIpc) is 3.31. The van der Waals surface area contributed by atoms with E-state index in [4.69, 9.17) is 28.4 Å². The smallest absolute Gasteiger partial charge is 0.306 e. The van der Waals surface area contributed by atoms with E-state index in [0.29, 0.717) is 12.8 Å². The summed E-state index contributed by atoms with van der Waals surface area (Å²) in [5.41, 5.74) is 0. The fraction of sp³-hybridized carbons (Fsp3) is 0.804. The topological polar surface area (TPSA) is 231 Å². The van der Waals surface area contributed by atoms with Crippen molar-refractivity contribution >= 4 is 11.9 Å². The second-order valence-corrected chi connectivity index (χ2v) is 17.6. The molecule has 0 aromatic carbocycles. The van der Waals surface area contributed by atoms with E-state index < -0.39 is 99.3 Å². The third-order valence-corrected chi connectivity index (χ3v) is 11.8. The molecule has 382 valence electrons. The fourth-order valence-electron chi connectivity index (χ4n) is 7.68. The van der Waals surface area contributed by atoms with Crippen molar-refractivity contribution in [3.8, 4) is 0 Å². The number of aliphatic hydroxyl groups excluding tert-OH is 7. The largest absolute Gasteiger partial charge is 0.462 e. The summed E-state index contributed by atoms with van der Waals surface area (Å²) in [6.45, 7) is 2.44. The van der Waals surface area contributed by atoms with E-state index in [0.717, 1.165) is 70.6 Å². The number of ether oxygens (including phenoxy) is 6. The highest BCUT2D eigenvalue weighted by molar-refractivity contribution is 5.70. The lowest BCUT2D eigenvalue weighted by Gasteiger charge is -2.42. The Morgan fingerprint density at radius 3 is 1.50 bits per heavy atom. The molecule has 2 aliphatic rings. The second kappa shape index (κ2) is 38.3. The maximum absolute atomic E-state index is 13.0. The van der Waals surface area contributed by atoms with Crippen LogP contribution in [0.4, 0.5) is 0 Å². The third-order valence-electron chi connectivity index (χ3n) is 11.8. The Hall–Kier alpha value is -2.54. The van der Waals surface area contributed by atoms with Crippen LogP contribution in [0, 0.1) is 0 Å². The van der Waals surface area contributed by atoms with Crippen LogP contribution >= 0.6 is 0 Å². The van der Waals surface area contributed by atoms with Crippen molar-refractivity contribution in [1.29, 1.82) is 0 Å². The lowest BCUT2D eigenvalue weighted by molar-refractivity contribution is -0.332. The van der Waals surface area contributed by atoms with E-state index >= 15 is 0 Å². The van der Waals surface area contributed by atoms with Gasteiger partial charge < -0.3 is 64.2 Å². The number of unbranched alkanes of at least 4 members (excludes halogenated alkanes) is 16. The summed E-state index contributed by atoms with van der Waals surface area (Å²) >= 11 is 0. The number of esters is 2. The van der Waals surface area contributed by atoms with Crippen molar-refractivity contribution in [2.75, 3.05) is 26.4 Å². The van der Waals surface area contributed by atoms with Crippen LogP contribution in [0.1, 0.15) is 168 Å². The van der Waals surface area contributed by atoms with Gasteiger partial charge in [-0.15, -0.1) is 0 Å². The van der Waals surface area contributed by atoms with Crippen molar-refractivity contribution in [1.82, 2.24) is 0 Å². The zero-order valence-corrected chi connectivity index (χ0v) is 40.2. The first-order valence-electron chi connectivity index (χ1n) is 25.2. The summed E-state index contributed by atoms with van der Waals surface area (Å²) in [4.78, 5) is 25.7. The average molecular weight is 941 g/mol. The lowest BCUT2D eigenvalue weighted by Crippen LogP contribution is -2.61. The van der Waals surface area contributed by atoms with Crippen LogP contribution in [0.5, 0.6) is 0 Å². The molecule has 15 nitrogen and oxygen atoms in total. The molecule has 11 atom stereocenters. The Bertz CT molecular complexity index is 1340. The predicted octanol–water partition coefficient (Wildman–Crippen LogP) is 6.71. The van der Waals surface area contributed by atoms with Gasteiger partial charge in [-0.2, -0.15) is 0 Å². The highest BCUT2D eigenvalue weighted by Crippen LogP contribution is 2.26. The van der Waals surface area contributed by atoms with Gasteiger partial charge in [0, 0.05) is 12.8 Å². The Balaban J connectivity index is 1.83. The molecule has 0 aliphatic carbocycles. The first kappa shape index (κ1) is 59.6. The molecule has 2 aliphatic heterocycles. The number of rotatable bonds is 38. The van der Waals surface area contributed by atoms with Crippen LogP contribution in [-0.4, -0.2) is 142 Å². The zero-order chi connectivity index (χ0) is 48.2. The molecule has 2 heterocycles. The normalized spacial score (nSPS) is 26.6. The van der Waals surface area contributed by atoms with Gasteiger partial charge in [0.15, 0.2) is 18.7 Å². The van der Waals surface area contributed by atoms with E-state index in [1.54, 1.807) is 0 Å². The molecule has 15 heteroatoms. The van der Waals surface area contributed by atoms with E-state index in [2.05, 4.69) is 62.5 Å². The highest BCUT2D eigenvalue weighted by Gasteiger charge is 2.47. The first-order valence-corrected chi connectivity index (χ1v) is 25.2. The first-order chi connectivity index (χ1) is 32.0. The summed E-state index contributed by atoms with van der Waals surface area (Å²) in [5.74, 6) is -0.952. The van der Waals surface area contributed by atoms with Crippen molar-refractivity contribution in [3.05, 3.63) is 48.6 Å². The number of allylic oxidation sites excluding steroid dienone is 8. The monoisotopic (exact) mass is 941 g/mol. The third kappa shape index (κ3) is 26.3. The summed E-state index contributed by atoms with van der Waals surface area (Å²) in [6, 6.07) is 0. The predicted molar refractivity (Wildman–Crippen MR) is 252 cm³/mol. The molecule has 66 heavy (non-hydrogen) atoms. The van der Waals surface area contributed by atoms with Gasteiger partial charge >= 0.3 is 11.9 Å². The van der Waals surface area contributed by atoms with Crippen LogP contribution in [0.25, 0.3) is 0 Å². The summed E-state index contributed by atoms with van der Waals surface area (Å²) in [5, 5.41) is 72.0. The van der Waals surface area contributed by atoms with Crippen molar-refractivity contribution in [2.45, 2.75) is 235 Å². The van der Waals surface area contributed by atoms with E-state index in [-0.39, 0.29) is 19.4 Å². The molecule has 11 unspecified atom stereocenters. The van der Waals surface area contributed by atoms with Gasteiger partial charge in [0.25, 0.3) is 0 Å². The van der Waals surface area contributed by atoms with Crippen LogP contribution in [0.15, 0.2) is 48.6 Å². The van der Waals surface area contributed by atoms with Crippen molar-refractivity contribution < 1.29 is 73.8 Å². The zero-order valence-electron chi connectivity index (χ0n) is 40.2. The Morgan fingerprint density at radius 1 is 0.500 bits per heavy atom. The van der Waals surface area contributed by atoms with Gasteiger partial charge in [0.05, 0.1) is 19.8 Å². The maximum atomic E-state index is 13.0. The molecular formula is C51H88O15. The molecule has 0 bridgehead atoms. The van der Waals surface area contributed by atoms with Gasteiger partial charge in [-0.1, -0.05) is 152 Å². The summed E-state index contributed by atoms with van der Waals surface area (Å²) in [7, 11) is 0. The van der Waals surface area contributed by atoms with Crippen LogP contribution in [0.3, 0.4) is 0 Å². The SMILES string of the molecule is CC/C=C\C/C=C\C/C=C\C/C=C\CCCCCCC(=O)OC(COC(=O)CCCCCCCCCCCCCCC)COC1OC(COC2OC(CO)C(O)C(O)C2O)C(O)C(O)C1O. The minimum absolute atomic E-state index is 0.137. The van der Waals surface area contributed by atoms with E-state index in [9.17, 15) is 45.3 Å². The van der Waals surface area contributed by atoms with Gasteiger partial charge in [-0.05, 0) is 51.4 Å². The molecule has 0 radical (unpaired) electrons. The minimum Gasteiger partial charge on any atom is -0.462 e. The molecule has 2 rings (SSSR count). The molecular weight excluding hydrogens is 853 g/mol. The quantitative estimate of drug-likeness (QED) is 0.0194. The number of carbonyl (C=O) groups is 2. The van der Waals surface area contributed by atoms with Crippen LogP contribution in [0.2, 0.25) is 0 Å². The maximum Gasteiger partial charge on any atom is 0.306 e. The van der Waals surface area contributed by atoms with E-state index in [1.807, 2.05) is 0 Å². The Labute approximate surface area is 395 Å². The summed E-state index contributed by atoms with van der Waals surface area (Å²) in [6.07, 6.45) is 24.2. The van der Waals surface area contributed by atoms with Gasteiger partial charge in [0.1, 0.15) is 55.4 Å². The Morgan fingerprint density at radius 2 is 0.955 bits per heavy atom. The second-order valence-electron chi connectivity index (χ2n) is 17.6. The molecule has 2 saturated heterocycles. The van der Waals surface area contributed by atoms with Crippen molar-refractivity contribution in [3.63, 3.8) is 0 Å². The number of hydrogen-bond acceptors (Lipinski definition) is 15. The molecule has 0 aromatic rings. The minimum atomic E-state index is -1.77. The number of carbonyl (C=O) groups excluding carboxylic acids is 2.